The average molecular weight is 252 g/mol. The van der Waals surface area contributed by atoms with Crippen molar-refractivity contribution < 1.29 is 0 Å². The van der Waals surface area contributed by atoms with E-state index in [1.807, 2.05) is 31.1 Å². The van der Waals surface area contributed by atoms with Gasteiger partial charge in [0.1, 0.15) is 17.6 Å². The predicted molar refractivity (Wildman–Crippen MR) is 75.9 cm³/mol. The summed E-state index contributed by atoms with van der Waals surface area (Å²) in [6.45, 7) is 2.12. The van der Waals surface area contributed by atoms with Crippen molar-refractivity contribution in [3.63, 3.8) is 0 Å². The Morgan fingerprint density at radius 2 is 1.84 bits per heavy atom. The van der Waals surface area contributed by atoms with Crippen LogP contribution in [0.5, 0.6) is 0 Å². The van der Waals surface area contributed by atoms with Crippen LogP contribution in [0.25, 0.3) is 11.4 Å². The number of hydrogen-bond acceptors (Lipinski definition) is 4. The van der Waals surface area contributed by atoms with Crippen molar-refractivity contribution in [1.82, 2.24) is 9.97 Å². The largest absolute Gasteiger partial charge is 0.363 e. The van der Waals surface area contributed by atoms with Gasteiger partial charge < -0.3 is 4.90 Å². The summed E-state index contributed by atoms with van der Waals surface area (Å²) in [5.74, 6) is 1.33. The highest BCUT2D eigenvalue weighted by Gasteiger charge is 2.08. The summed E-state index contributed by atoms with van der Waals surface area (Å²) in [5.41, 5.74) is 2.58. The van der Waals surface area contributed by atoms with Gasteiger partial charge in [-0.05, 0) is 12.0 Å². The Labute approximate surface area is 113 Å². The molecule has 0 unspecified atom stereocenters. The van der Waals surface area contributed by atoms with Crippen molar-refractivity contribution >= 4 is 5.82 Å². The fourth-order valence-corrected chi connectivity index (χ4v) is 1.74. The molecule has 2 rings (SSSR count). The van der Waals surface area contributed by atoms with Gasteiger partial charge in [0.05, 0.1) is 0 Å². The molecule has 0 atom stereocenters. The van der Waals surface area contributed by atoms with E-state index in [4.69, 9.17) is 5.26 Å². The summed E-state index contributed by atoms with van der Waals surface area (Å²) in [4.78, 5) is 10.6. The Kier molecular flexibility index (Phi) is 3.76. The molecule has 2 aromatic rings. The number of benzene rings is 1. The van der Waals surface area contributed by atoms with Crippen LogP contribution in [0, 0.1) is 11.3 Å². The molecule has 1 aromatic carbocycles. The van der Waals surface area contributed by atoms with Gasteiger partial charge in [0, 0.05) is 25.7 Å². The monoisotopic (exact) mass is 252 g/mol. The number of aromatic nitrogens is 2. The highest BCUT2D eigenvalue weighted by Crippen LogP contribution is 2.19. The molecule has 0 aliphatic carbocycles. The molecule has 0 bridgehead atoms. The topological polar surface area (TPSA) is 52.8 Å². The van der Waals surface area contributed by atoms with Gasteiger partial charge in [-0.1, -0.05) is 31.2 Å². The summed E-state index contributed by atoms with van der Waals surface area (Å²) < 4.78 is 0. The Bertz CT molecular complexity index is 609. The molecule has 0 aliphatic rings. The molecule has 0 spiro atoms. The number of rotatable bonds is 3. The molecule has 1 heterocycles. The van der Waals surface area contributed by atoms with Gasteiger partial charge in [0.15, 0.2) is 5.82 Å². The standard InChI is InChI=1S/C15H16N4/c1-4-11-5-7-12(8-6-11)15-17-13(10-16)9-14(18-15)19(2)3/h5-9H,4H2,1-3H3. The summed E-state index contributed by atoms with van der Waals surface area (Å²) in [5, 5.41) is 9.04. The molecule has 4 nitrogen and oxygen atoms in total. The molecule has 0 N–H and O–H groups in total. The van der Waals surface area contributed by atoms with E-state index in [-0.39, 0.29) is 0 Å². The van der Waals surface area contributed by atoms with E-state index >= 15 is 0 Å². The molecule has 4 heteroatoms. The second-order valence-electron chi connectivity index (χ2n) is 4.49. The van der Waals surface area contributed by atoms with Crippen molar-refractivity contribution in [2.24, 2.45) is 0 Å². The SMILES string of the molecule is CCc1ccc(-c2nc(C#N)cc(N(C)C)n2)cc1. The van der Waals surface area contributed by atoms with E-state index in [0.29, 0.717) is 11.5 Å². The van der Waals surface area contributed by atoms with Gasteiger partial charge >= 0.3 is 0 Å². The fraction of sp³-hybridized carbons (Fsp3) is 0.267. The first kappa shape index (κ1) is 13.0. The Hall–Kier alpha value is -2.41. The lowest BCUT2D eigenvalue weighted by Gasteiger charge is -2.12. The first-order chi connectivity index (χ1) is 9.13. The molecule has 0 aliphatic heterocycles. The van der Waals surface area contributed by atoms with Crippen LogP contribution >= 0.6 is 0 Å². The molecule has 0 fully saturated rings. The van der Waals surface area contributed by atoms with Gasteiger partial charge in [0.2, 0.25) is 0 Å². The highest BCUT2D eigenvalue weighted by molar-refractivity contribution is 5.59. The third-order valence-corrected chi connectivity index (χ3v) is 2.91. The lowest BCUT2D eigenvalue weighted by atomic mass is 10.1. The second kappa shape index (κ2) is 5.49. The van der Waals surface area contributed by atoms with E-state index in [1.165, 1.54) is 5.56 Å². The first-order valence-electron chi connectivity index (χ1n) is 6.20. The maximum Gasteiger partial charge on any atom is 0.162 e. The zero-order valence-corrected chi connectivity index (χ0v) is 11.4. The predicted octanol–water partition coefficient (Wildman–Crippen LogP) is 2.64. The quantitative estimate of drug-likeness (QED) is 0.842. The van der Waals surface area contributed by atoms with Crippen LogP contribution in [0.3, 0.4) is 0 Å². The maximum absolute atomic E-state index is 9.04. The highest BCUT2D eigenvalue weighted by atomic mass is 15.1. The van der Waals surface area contributed by atoms with E-state index in [2.05, 4.69) is 35.1 Å². The molecule has 0 radical (unpaired) electrons. The molecule has 0 amide bonds. The number of nitriles is 1. The molecule has 0 saturated carbocycles. The molecular weight excluding hydrogens is 236 g/mol. The number of aryl methyl sites for hydroxylation is 1. The van der Waals surface area contributed by atoms with Gasteiger partial charge in [-0.3, -0.25) is 0 Å². The van der Waals surface area contributed by atoms with Crippen LogP contribution in [0.4, 0.5) is 5.82 Å². The molecule has 19 heavy (non-hydrogen) atoms. The van der Waals surface area contributed by atoms with Crippen LogP contribution < -0.4 is 4.90 Å². The van der Waals surface area contributed by atoms with Crippen molar-refractivity contribution in [2.75, 3.05) is 19.0 Å². The zero-order chi connectivity index (χ0) is 13.8. The van der Waals surface area contributed by atoms with Gasteiger partial charge in [-0.25, -0.2) is 9.97 Å². The van der Waals surface area contributed by atoms with Crippen molar-refractivity contribution in [1.29, 1.82) is 5.26 Å². The van der Waals surface area contributed by atoms with Crippen LogP contribution in [0.2, 0.25) is 0 Å². The minimum absolute atomic E-state index is 0.383. The first-order valence-corrected chi connectivity index (χ1v) is 6.20. The molecule has 96 valence electrons. The van der Waals surface area contributed by atoms with Crippen molar-refractivity contribution in [3.8, 4) is 17.5 Å². The lowest BCUT2D eigenvalue weighted by molar-refractivity contribution is 1.03. The smallest absolute Gasteiger partial charge is 0.162 e. The van der Waals surface area contributed by atoms with Gasteiger partial charge in [0.25, 0.3) is 0 Å². The van der Waals surface area contributed by atoms with E-state index in [9.17, 15) is 0 Å². The third kappa shape index (κ3) is 2.89. The van der Waals surface area contributed by atoms with Gasteiger partial charge in [-0.2, -0.15) is 5.26 Å². The van der Waals surface area contributed by atoms with Crippen LogP contribution in [-0.2, 0) is 6.42 Å². The van der Waals surface area contributed by atoms with Crippen LogP contribution in [0.15, 0.2) is 30.3 Å². The van der Waals surface area contributed by atoms with E-state index in [1.54, 1.807) is 6.07 Å². The van der Waals surface area contributed by atoms with Gasteiger partial charge in [-0.15, -0.1) is 0 Å². The second-order valence-corrected chi connectivity index (χ2v) is 4.49. The molecular formula is C15H16N4. The van der Waals surface area contributed by atoms with Crippen molar-refractivity contribution in [3.05, 3.63) is 41.6 Å². The van der Waals surface area contributed by atoms with Crippen molar-refractivity contribution in [2.45, 2.75) is 13.3 Å². The van der Waals surface area contributed by atoms with Crippen LogP contribution in [-0.4, -0.2) is 24.1 Å². The normalized spacial score (nSPS) is 10.0. The minimum atomic E-state index is 0.383. The summed E-state index contributed by atoms with van der Waals surface area (Å²) >= 11 is 0. The average Bonchev–Trinajstić information content (AvgIpc) is 2.46. The summed E-state index contributed by atoms with van der Waals surface area (Å²) in [6, 6.07) is 11.9. The minimum Gasteiger partial charge on any atom is -0.363 e. The zero-order valence-electron chi connectivity index (χ0n) is 11.4. The summed E-state index contributed by atoms with van der Waals surface area (Å²) in [6.07, 6.45) is 1.00. The molecule has 1 aromatic heterocycles. The maximum atomic E-state index is 9.04. The van der Waals surface area contributed by atoms with E-state index < -0.39 is 0 Å². The van der Waals surface area contributed by atoms with Crippen LogP contribution in [0.1, 0.15) is 18.2 Å². The van der Waals surface area contributed by atoms with E-state index in [0.717, 1.165) is 17.8 Å². The molecule has 0 saturated heterocycles. The summed E-state index contributed by atoms with van der Waals surface area (Å²) in [7, 11) is 3.79. The Morgan fingerprint density at radius 3 is 2.37 bits per heavy atom. The Balaban J connectivity index is 2.48. The number of nitrogens with zero attached hydrogens (tertiary/aromatic N) is 4. The third-order valence-electron chi connectivity index (χ3n) is 2.91. The number of anilines is 1. The Morgan fingerprint density at radius 1 is 1.16 bits per heavy atom. The fourth-order valence-electron chi connectivity index (χ4n) is 1.74. The number of hydrogen-bond donors (Lipinski definition) is 0. The lowest BCUT2D eigenvalue weighted by Crippen LogP contribution is -2.12.